The number of rotatable bonds is 3. The molecule has 0 bridgehead atoms. The number of phenols is 1. The smallest absolute Gasteiger partial charge is 0.488 e. The van der Waals surface area contributed by atoms with Crippen molar-refractivity contribution in [1.82, 2.24) is 0 Å². The topological polar surface area (TPSA) is 132 Å². The van der Waals surface area contributed by atoms with Crippen molar-refractivity contribution in [3.63, 3.8) is 0 Å². The molecule has 0 aromatic heterocycles. The number of hydrogen-bond acceptors (Lipinski definition) is 7. The first-order chi connectivity index (χ1) is 18.6. The highest BCUT2D eigenvalue weighted by Crippen LogP contribution is 2.56. The van der Waals surface area contributed by atoms with Gasteiger partial charge in [0, 0.05) is 32.7 Å². The molecule has 8 nitrogen and oxygen atoms in total. The minimum atomic E-state index is -1.76. The van der Waals surface area contributed by atoms with Gasteiger partial charge in [0.05, 0.1) is 17.5 Å². The van der Waals surface area contributed by atoms with E-state index in [0.717, 1.165) is 10.5 Å². The fourth-order valence-electron chi connectivity index (χ4n) is 6.55. The number of imide groups is 1. The summed E-state index contributed by atoms with van der Waals surface area (Å²) in [5.74, 6) is -4.18. The third-order valence-corrected chi connectivity index (χ3v) is 8.79. The molecule has 2 aromatic rings. The Morgan fingerprint density at radius 2 is 1.77 bits per heavy atom. The zero-order valence-electron chi connectivity index (χ0n) is 20.8. The van der Waals surface area contributed by atoms with Gasteiger partial charge >= 0.3 is 7.12 Å². The van der Waals surface area contributed by atoms with Crippen molar-refractivity contribution in [2.45, 2.75) is 25.7 Å². The number of halogens is 1. The molecule has 0 unspecified atom stereocenters. The van der Waals surface area contributed by atoms with Gasteiger partial charge in [-0.3, -0.25) is 24.1 Å². The molecule has 3 aliphatic carbocycles. The lowest BCUT2D eigenvalue weighted by molar-refractivity contribution is -0.123. The number of aromatic hydroxyl groups is 1. The number of carbonyl (C=O) groups is 4. The van der Waals surface area contributed by atoms with Crippen LogP contribution in [0.3, 0.4) is 0 Å². The maximum atomic E-state index is 13.9. The third-order valence-electron chi connectivity index (χ3n) is 8.29. The Kier molecular flexibility index (Phi) is 6.09. The van der Waals surface area contributed by atoms with E-state index in [1.165, 1.54) is 24.3 Å². The molecule has 0 radical (unpaired) electrons. The molecule has 4 aliphatic rings. The molecular weight excluding hydrogens is 565 g/mol. The van der Waals surface area contributed by atoms with Gasteiger partial charge in [-0.2, -0.15) is 0 Å². The van der Waals surface area contributed by atoms with Crippen molar-refractivity contribution in [3.8, 4) is 5.75 Å². The van der Waals surface area contributed by atoms with Crippen LogP contribution < -0.4 is 10.4 Å². The summed E-state index contributed by atoms with van der Waals surface area (Å²) >= 11 is 3.44. The predicted molar refractivity (Wildman–Crippen MR) is 146 cm³/mol. The van der Waals surface area contributed by atoms with Crippen LogP contribution in [0.1, 0.15) is 31.2 Å². The summed E-state index contributed by atoms with van der Waals surface area (Å²) < 4.78 is 0.681. The molecule has 2 amide bonds. The van der Waals surface area contributed by atoms with Crippen LogP contribution in [0.5, 0.6) is 5.75 Å². The van der Waals surface area contributed by atoms with E-state index >= 15 is 0 Å². The monoisotopic (exact) mass is 587 g/mol. The SMILES string of the molecule is CC1=CC(=O)C2=C(C1=O)[C@@H](c1cc(Br)ccc1O)C1=CC[C@@H]3C(=O)N(c4cccc(B(O)O)c4)C(=O)[C@@H]3[C@@H]1C2. The zero-order chi connectivity index (χ0) is 27.7. The summed E-state index contributed by atoms with van der Waals surface area (Å²) in [6, 6.07) is 10.9. The Hall–Kier alpha value is -3.60. The summed E-state index contributed by atoms with van der Waals surface area (Å²) in [6.07, 6.45) is 3.58. The van der Waals surface area contributed by atoms with Crippen LogP contribution in [0.15, 0.2) is 81.4 Å². The summed E-state index contributed by atoms with van der Waals surface area (Å²) in [5.41, 5.74) is 2.51. The lowest BCUT2D eigenvalue weighted by Crippen LogP contribution is -2.40. The second-order valence-corrected chi connectivity index (χ2v) is 11.3. The molecule has 39 heavy (non-hydrogen) atoms. The first-order valence-electron chi connectivity index (χ1n) is 12.6. The Morgan fingerprint density at radius 3 is 2.51 bits per heavy atom. The van der Waals surface area contributed by atoms with Crippen molar-refractivity contribution >= 4 is 57.6 Å². The number of ketones is 2. The number of phenolic OH excluding ortho intramolecular Hbond substituents is 1. The zero-order valence-corrected chi connectivity index (χ0v) is 22.4. The van der Waals surface area contributed by atoms with Crippen LogP contribution in [0.2, 0.25) is 0 Å². The van der Waals surface area contributed by atoms with Crippen molar-refractivity contribution in [2.24, 2.45) is 17.8 Å². The molecule has 1 saturated heterocycles. The van der Waals surface area contributed by atoms with E-state index in [1.54, 1.807) is 31.2 Å². The molecule has 0 spiro atoms. The maximum absolute atomic E-state index is 13.9. The Morgan fingerprint density at radius 1 is 1.00 bits per heavy atom. The molecule has 0 saturated carbocycles. The van der Waals surface area contributed by atoms with E-state index in [4.69, 9.17) is 0 Å². The van der Waals surface area contributed by atoms with Crippen molar-refractivity contribution in [1.29, 1.82) is 0 Å². The number of anilines is 1. The second-order valence-electron chi connectivity index (χ2n) is 10.4. The Bertz CT molecular complexity index is 1590. The number of benzene rings is 2. The van der Waals surface area contributed by atoms with Crippen molar-refractivity contribution in [3.05, 3.63) is 86.9 Å². The number of Topliss-reactive ketones (excluding diaryl/α,β-unsaturated/α-hetero) is 1. The van der Waals surface area contributed by atoms with Crippen LogP contribution >= 0.6 is 15.9 Å². The molecule has 2 aromatic carbocycles. The first kappa shape index (κ1) is 25.7. The van der Waals surface area contributed by atoms with Gasteiger partial charge in [0.25, 0.3) is 0 Å². The van der Waals surface area contributed by atoms with Crippen LogP contribution in [0.25, 0.3) is 0 Å². The number of hydrogen-bond donors (Lipinski definition) is 3. The third kappa shape index (κ3) is 3.89. The van der Waals surface area contributed by atoms with Gasteiger partial charge in [0.1, 0.15) is 5.75 Å². The highest BCUT2D eigenvalue weighted by Gasteiger charge is 2.56. The van der Waals surface area contributed by atoms with Gasteiger partial charge in [-0.1, -0.05) is 39.7 Å². The van der Waals surface area contributed by atoms with Gasteiger partial charge in [-0.05, 0) is 67.6 Å². The quantitative estimate of drug-likeness (QED) is 0.217. The highest BCUT2D eigenvalue weighted by atomic mass is 79.9. The van der Waals surface area contributed by atoms with Gasteiger partial charge in [-0.25, -0.2) is 0 Å². The fraction of sp³-hybridized carbons (Fsp3) is 0.241. The van der Waals surface area contributed by atoms with Gasteiger partial charge < -0.3 is 15.2 Å². The molecule has 6 rings (SSSR count). The molecule has 3 N–H and O–H groups in total. The van der Waals surface area contributed by atoms with Crippen molar-refractivity contribution < 1.29 is 34.3 Å². The molecule has 1 heterocycles. The minimum absolute atomic E-state index is 0.0407. The lowest BCUT2D eigenvalue weighted by atomic mass is 9.59. The molecule has 196 valence electrons. The molecular formula is C29H23BBrNO7. The first-order valence-corrected chi connectivity index (χ1v) is 13.4. The van der Waals surface area contributed by atoms with E-state index in [0.29, 0.717) is 26.8 Å². The average molecular weight is 588 g/mol. The number of nitrogens with zero attached hydrogens (tertiary/aromatic N) is 1. The van der Waals surface area contributed by atoms with E-state index in [1.807, 2.05) is 6.08 Å². The van der Waals surface area contributed by atoms with E-state index < -0.39 is 42.6 Å². The van der Waals surface area contributed by atoms with Crippen LogP contribution in [0, 0.1) is 17.8 Å². The van der Waals surface area contributed by atoms with Gasteiger partial charge in [-0.15, -0.1) is 0 Å². The predicted octanol–water partition coefficient (Wildman–Crippen LogP) is 2.47. The summed E-state index contributed by atoms with van der Waals surface area (Å²) in [6.45, 7) is 1.59. The standard InChI is InChI=1S/C29H23BBrNO7/c1-13-9-23(34)21-12-19-17(24(26(21)27(13)35)20-11-15(31)5-8-22(20)33)6-7-18-25(19)29(37)32(28(18)36)16-4-2-3-14(10-16)30(38)39/h2-6,8-11,18-19,24-25,33,38-39H,7,12H2,1H3/t18-,19+,24+,25-/m0/s1. The van der Waals surface area contributed by atoms with Crippen LogP contribution in [-0.2, 0) is 19.2 Å². The molecule has 4 atom stereocenters. The fourth-order valence-corrected chi connectivity index (χ4v) is 6.93. The summed E-state index contributed by atoms with van der Waals surface area (Å²) in [7, 11) is -1.76. The normalized spacial score (nSPS) is 26.2. The number of carbonyl (C=O) groups excluding carboxylic acids is 4. The summed E-state index contributed by atoms with van der Waals surface area (Å²) in [5, 5.41) is 30.1. The van der Waals surface area contributed by atoms with Gasteiger partial charge in [0.15, 0.2) is 11.6 Å². The molecule has 1 aliphatic heterocycles. The highest BCUT2D eigenvalue weighted by molar-refractivity contribution is 9.10. The Labute approximate surface area is 232 Å². The van der Waals surface area contributed by atoms with Crippen LogP contribution in [0.4, 0.5) is 5.69 Å². The minimum Gasteiger partial charge on any atom is -0.508 e. The number of amides is 2. The van der Waals surface area contributed by atoms with E-state index in [2.05, 4.69) is 15.9 Å². The second kappa shape index (κ2) is 9.26. The number of fused-ring (bicyclic) bond motifs is 3. The summed E-state index contributed by atoms with van der Waals surface area (Å²) in [4.78, 5) is 55.3. The lowest BCUT2D eigenvalue weighted by Gasteiger charge is -2.42. The maximum Gasteiger partial charge on any atom is 0.488 e. The number of allylic oxidation sites excluding steroid dienone is 6. The average Bonchev–Trinajstić information content (AvgIpc) is 3.17. The van der Waals surface area contributed by atoms with Gasteiger partial charge in [0.2, 0.25) is 11.8 Å². The Balaban J connectivity index is 1.49. The van der Waals surface area contributed by atoms with E-state index in [-0.39, 0.29) is 41.3 Å². The van der Waals surface area contributed by atoms with Crippen LogP contribution in [-0.4, -0.2) is 45.7 Å². The van der Waals surface area contributed by atoms with E-state index in [9.17, 15) is 34.3 Å². The molecule has 1 fully saturated rings. The largest absolute Gasteiger partial charge is 0.508 e. The van der Waals surface area contributed by atoms with Crippen molar-refractivity contribution in [2.75, 3.05) is 4.90 Å². The molecule has 10 heteroatoms.